The molecule has 0 heterocycles. The minimum atomic E-state index is -5.17. The van der Waals surface area contributed by atoms with Gasteiger partial charge < -0.3 is 40.1 Å². The quantitative estimate of drug-likeness (QED) is 0.234. The first-order valence-corrected chi connectivity index (χ1v) is 4.00. The molecule has 16 heavy (non-hydrogen) atoms. The molecule has 0 aliphatic carbocycles. The molecule has 0 unspecified atom stereocenters. The van der Waals surface area contributed by atoms with Crippen LogP contribution < -0.4 is 29.6 Å². The molecular formula is H8AlNaO12S2. The van der Waals surface area contributed by atoms with Crippen molar-refractivity contribution in [1.82, 2.24) is 0 Å². The summed E-state index contributed by atoms with van der Waals surface area (Å²) < 4.78 is 68.2. The van der Waals surface area contributed by atoms with Gasteiger partial charge in [-0.05, 0) is 0 Å². The van der Waals surface area contributed by atoms with Crippen molar-refractivity contribution in [2.45, 2.75) is 0 Å². The topological polar surface area (TPSA) is 287 Å². The third kappa shape index (κ3) is 2430. The molecule has 0 aromatic rings. The summed E-state index contributed by atoms with van der Waals surface area (Å²) in [5.74, 6) is 0. The fraction of sp³-hybridized carbons (Fsp3) is 0. The molecule has 12 nitrogen and oxygen atoms in total. The van der Waals surface area contributed by atoms with Crippen molar-refractivity contribution in [3.05, 3.63) is 0 Å². The summed E-state index contributed by atoms with van der Waals surface area (Å²) in [6.07, 6.45) is 0. The standard InChI is InChI=1S/Al.Na.2H2O4S.4H2O/c;;2*1-5(2,3)4;;;;/h;;2*(H2,1,2,3,4);4*1H2/q+3;+1;;;;;;/p-4. The Morgan fingerprint density at radius 2 is 0.562 bits per heavy atom. The Hall–Kier alpha value is 1.11. The zero-order valence-corrected chi connectivity index (χ0v) is 12.4. The molecule has 0 rings (SSSR count). The van der Waals surface area contributed by atoms with E-state index in [2.05, 4.69) is 0 Å². The van der Waals surface area contributed by atoms with Crippen molar-refractivity contribution in [3.63, 3.8) is 0 Å². The normalized spacial score (nSPS) is 7.25. The van der Waals surface area contributed by atoms with E-state index in [0.717, 1.165) is 0 Å². The molecule has 0 bridgehead atoms. The van der Waals surface area contributed by atoms with Crippen molar-refractivity contribution in [1.29, 1.82) is 0 Å². The van der Waals surface area contributed by atoms with Gasteiger partial charge in [-0.3, -0.25) is 16.8 Å². The van der Waals surface area contributed by atoms with E-state index in [1.807, 2.05) is 0 Å². The molecule has 0 spiro atoms. The summed E-state index contributed by atoms with van der Waals surface area (Å²) in [5, 5.41) is 0. The van der Waals surface area contributed by atoms with Crippen LogP contribution in [0, 0.1) is 0 Å². The van der Waals surface area contributed by atoms with Crippen molar-refractivity contribution in [2.75, 3.05) is 0 Å². The molecule has 8 N–H and O–H groups in total. The van der Waals surface area contributed by atoms with Gasteiger partial charge in [-0.1, -0.05) is 0 Å². The van der Waals surface area contributed by atoms with E-state index in [1.165, 1.54) is 0 Å². The van der Waals surface area contributed by atoms with Gasteiger partial charge in [0.25, 0.3) is 0 Å². The zero-order chi connectivity index (χ0) is 9.00. The van der Waals surface area contributed by atoms with E-state index < -0.39 is 20.8 Å². The SMILES string of the molecule is O.O.O.O.O=S(=O)([O-])[O-].O=S(=O)([O-])[O-].[Al+3].[Na+]. The Balaban J connectivity index is -0.00000000970. The van der Waals surface area contributed by atoms with Gasteiger partial charge in [0.05, 0.1) is 0 Å². The van der Waals surface area contributed by atoms with Crippen LogP contribution in [0.5, 0.6) is 0 Å². The summed E-state index contributed by atoms with van der Waals surface area (Å²) >= 11 is 0. The van der Waals surface area contributed by atoms with Crippen LogP contribution in [0.3, 0.4) is 0 Å². The third-order valence-corrected chi connectivity index (χ3v) is 0. The van der Waals surface area contributed by atoms with Crippen LogP contribution in [-0.2, 0) is 20.8 Å². The fourth-order valence-corrected chi connectivity index (χ4v) is 0. The van der Waals surface area contributed by atoms with Gasteiger partial charge in [-0.15, -0.1) is 0 Å². The second-order valence-corrected chi connectivity index (χ2v) is 2.45. The van der Waals surface area contributed by atoms with Gasteiger partial charge >= 0.3 is 46.9 Å². The molecule has 96 valence electrons. The molecule has 0 saturated heterocycles. The third-order valence-electron chi connectivity index (χ3n) is 0. The molecule has 0 aromatic heterocycles. The Labute approximate surface area is 124 Å². The van der Waals surface area contributed by atoms with Crippen LogP contribution in [0.15, 0.2) is 0 Å². The summed E-state index contributed by atoms with van der Waals surface area (Å²) in [5.41, 5.74) is 0. The van der Waals surface area contributed by atoms with Crippen LogP contribution in [0.4, 0.5) is 0 Å². The average Bonchev–Trinajstić information content (AvgIpc) is 1.12. The van der Waals surface area contributed by atoms with Gasteiger partial charge in [0.2, 0.25) is 0 Å². The molecule has 0 amide bonds. The molecule has 0 saturated carbocycles. The Morgan fingerprint density at radius 1 is 0.562 bits per heavy atom. The summed E-state index contributed by atoms with van der Waals surface area (Å²) in [7, 11) is -10.3. The molecule has 0 radical (unpaired) electrons. The van der Waals surface area contributed by atoms with Gasteiger partial charge in [0.1, 0.15) is 0 Å². The smallest absolute Gasteiger partial charge is 0.759 e. The molecule has 0 aliphatic heterocycles. The van der Waals surface area contributed by atoms with Crippen LogP contribution in [-0.4, -0.2) is 74.3 Å². The van der Waals surface area contributed by atoms with Crippen molar-refractivity contribution >= 4 is 38.2 Å². The first kappa shape index (κ1) is 53.5. The Bertz CT molecular complexity index is 215. The monoisotopic (exact) mass is 314 g/mol. The Morgan fingerprint density at radius 3 is 0.562 bits per heavy atom. The minimum Gasteiger partial charge on any atom is -0.759 e. The van der Waals surface area contributed by atoms with Gasteiger partial charge in [-0.2, -0.15) is 0 Å². The maximum absolute atomic E-state index is 8.52. The predicted octanol–water partition coefficient (Wildman–Crippen LogP) is -9.35. The van der Waals surface area contributed by atoms with E-state index in [9.17, 15) is 0 Å². The molecular weight excluding hydrogens is 306 g/mol. The van der Waals surface area contributed by atoms with E-state index in [4.69, 9.17) is 35.0 Å². The largest absolute Gasteiger partial charge is 3.00 e. The van der Waals surface area contributed by atoms with Crippen LogP contribution in [0.25, 0.3) is 0 Å². The maximum atomic E-state index is 8.52. The van der Waals surface area contributed by atoms with Crippen molar-refractivity contribution in [2.24, 2.45) is 0 Å². The van der Waals surface area contributed by atoms with Crippen molar-refractivity contribution < 1.29 is 86.5 Å². The number of rotatable bonds is 0. The molecule has 16 heteroatoms. The van der Waals surface area contributed by atoms with E-state index in [1.54, 1.807) is 0 Å². The molecule has 0 fully saturated rings. The molecule has 0 aromatic carbocycles. The van der Waals surface area contributed by atoms with Gasteiger partial charge in [-0.25, -0.2) is 0 Å². The van der Waals surface area contributed by atoms with Crippen molar-refractivity contribution in [3.8, 4) is 0 Å². The summed E-state index contributed by atoms with van der Waals surface area (Å²) in [6.45, 7) is 0. The predicted molar refractivity (Wildman–Crippen MR) is 41.2 cm³/mol. The molecule has 0 atom stereocenters. The zero-order valence-electron chi connectivity index (χ0n) is 7.66. The van der Waals surface area contributed by atoms with Gasteiger partial charge in [0.15, 0.2) is 0 Å². The summed E-state index contributed by atoms with van der Waals surface area (Å²) in [4.78, 5) is 0. The van der Waals surface area contributed by atoms with Crippen LogP contribution >= 0.6 is 0 Å². The van der Waals surface area contributed by atoms with E-state index in [-0.39, 0.29) is 68.8 Å². The first-order chi connectivity index (χ1) is 4.00. The van der Waals surface area contributed by atoms with Crippen LogP contribution in [0.2, 0.25) is 0 Å². The van der Waals surface area contributed by atoms with Gasteiger partial charge in [0, 0.05) is 20.8 Å². The van der Waals surface area contributed by atoms with E-state index >= 15 is 0 Å². The number of hydrogen-bond acceptors (Lipinski definition) is 8. The average molecular weight is 314 g/mol. The minimum absolute atomic E-state index is 0. The van der Waals surface area contributed by atoms with E-state index in [0.29, 0.717) is 0 Å². The molecule has 0 aliphatic rings. The second-order valence-electron chi connectivity index (χ2n) is 0.816. The van der Waals surface area contributed by atoms with Crippen LogP contribution in [0.1, 0.15) is 0 Å². The first-order valence-electron chi connectivity index (χ1n) is 1.33. The second kappa shape index (κ2) is 21.4. The number of hydrogen-bond donors (Lipinski definition) is 0. The Kier molecular flexibility index (Phi) is 71.6. The summed E-state index contributed by atoms with van der Waals surface area (Å²) in [6, 6.07) is 0. The maximum Gasteiger partial charge on any atom is 3.00 e. The fourth-order valence-electron chi connectivity index (χ4n) is 0.